The highest BCUT2D eigenvalue weighted by Gasteiger charge is 2.31. The number of esters is 1. The van der Waals surface area contributed by atoms with Gasteiger partial charge in [0.1, 0.15) is 13.2 Å². The number of hydrogen-bond acceptors (Lipinski definition) is 5. The first-order valence-electron chi connectivity index (χ1n) is 3.23. The Labute approximate surface area is 72.2 Å². The molecular formula is C6H8O5S. The van der Waals surface area contributed by atoms with Crippen molar-refractivity contribution in [1.29, 1.82) is 0 Å². The highest BCUT2D eigenvalue weighted by Crippen LogP contribution is 2.09. The lowest BCUT2D eigenvalue weighted by Gasteiger charge is -2.03. The van der Waals surface area contributed by atoms with Crippen molar-refractivity contribution < 1.29 is 22.1 Å². The van der Waals surface area contributed by atoms with E-state index in [0.29, 0.717) is 0 Å². The second kappa shape index (κ2) is 4.34. The molecule has 2 unspecified atom stereocenters. The fourth-order valence-electron chi connectivity index (χ4n) is 0.609. The summed E-state index contributed by atoms with van der Waals surface area (Å²) in [5.74, 6) is -0.583. The molecule has 0 amide bonds. The third-order valence-electron chi connectivity index (χ3n) is 1.12. The van der Waals surface area contributed by atoms with Gasteiger partial charge in [0.2, 0.25) is 0 Å². The van der Waals surface area contributed by atoms with E-state index in [1.807, 2.05) is 0 Å². The molecule has 1 rings (SSSR count). The second-order valence-electron chi connectivity index (χ2n) is 1.99. The van der Waals surface area contributed by atoms with Crippen molar-refractivity contribution in [2.45, 2.75) is 6.10 Å². The SMILES string of the molecule is C=CCOC(=O)C1COS(=O)O1. The third-order valence-corrected chi connectivity index (χ3v) is 1.83. The van der Waals surface area contributed by atoms with E-state index in [1.165, 1.54) is 6.08 Å². The fraction of sp³-hybridized carbons (Fsp3) is 0.500. The zero-order valence-electron chi connectivity index (χ0n) is 6.23. The summed E-state index contributed by atoms with van der Waals surface area (Å²) >= 11 is -1.81. The molecule has 0 saturated carbocycles. The van der Waals surface area contributed by atoms with Gasteiger partial charge in [-0.05, 0) is 0 Å². The minimum absolute atomic E-state index is 0.0252. The molecule has 1 fully saturated rings. The van der Waals surface area contributed by atoms with Gasteiger partial charge in [0.25, 0.3) is 0 Å². The molecule has 12 heavy (non-hydrogen) atoms. The number of hydrogen-bond donors (Lipinski definition) is 0. The lowest BCUT2D eigenvalue weighted by molar-refractivity contribution is -0.149. The Bertz CT molecular complexity index is 214. The van der Waals surface area contributed by atoms with Crippen molar-refractivity contribution in [2.75, 3.05) is 13.2 Å². The van der Waals surface area contributed by atoms with Gasteiger partial charge in [-0.15, -0.1) is 0 Å². The lowest BCUT2D eigenvalue weighted by Crippen LogP contribution is -2.25. The van der Waals surface area contributed by atoms with Crippen LogP contribution >= 0.6 is 0 Å². The third kappa shape index (κ3) is 2.40. The van der Waals surface area contributed by atoms with E-state index < -0.39 is 23.4 Å². The average molecular weight is 192 g/mol. The number of rotatable bonds is 3. The van der Waals surface area contributed by atoms with E-state index in [-0.39, 0.29) is 13.2 Å². The van der Waals surface area contributed by atoms with Crippen LogP contribution in [0.2, 0.25) is 0 Å². The van der Waals surface area contributed by atoms with Gasteiger partial charge >= 0.3 is 17.3 Å². The van der Waals surface area contributed by atoms with Crippen LogP contribution in [-0.2, 0) is 29.3 Å². The maximum Gasteiger partial charge on any atom is 0.339 e. The van der Waals surface area contributed by atoms with Gasteiger partial charge < -0.3 is 4.74 Å². The van der Waals surface area contributed by atoms with Gasteiger partial charge in [-0.25, -0.2) is 4.79 Å². The molecule has 2 atom stereocenters. The van der Waals surface area contributed by atoms with Crippen molar-refractivity contribution >= 4 is 17.3 Å². The predicted molar refractivity (Wildman–Crippen MR) is 40.1 cm³/mol. The van der Waals surface area contributed by atoms with Crippen molar-refractivity contribution in [3.63, 3.8) is 0 Å². The van der Waals surface area contributed by atoms with Crippen LogP contribution in [0.15, 0.2) is 12.7 Å². The highest BCUT2D eigenvalue weighted by atomic mass is 32.2. The molecule has 0 aromatic carbocycles. The number of carbonyl (C=O) groups is 1. The monoisotopic (exact) mass is 192 g/mol. The van der Waals surface area contributed by atoms with Crippen LogP contribution in [0.1, 0.15) is 0 Å². The summed E-state index contributed by atoms with van der Waals surface area (Å²) in [6.07, 6.45) is 0.566. The number of ether oxygens (including phenoxy) is 1. The van der Waals surface area contributed by atoms with Crippen LogP contribution in [0.4, 0.5) is 0 Å². The molecule has 0 bridgehead atoms. The summed E-state index contributed by atoms with van der Waals surface area (Å²) in [5, 5.41) is 0. The molecular weight excluding hydrogens is 184 g/mol. The van der Waals surface area contributed by atoms with Gasteiger partial charge in [0, 0.05) is 0 Å². The van der Waals surface area contributed by atoms with E-state index in [4.69, 9.17) is 0 Å². The summed E-state index contributed by atoms with van der Waals surface area (Å²) in [6, 6.07) is 0. The Balaban J connectivity index is 2.32. The van der Waals surface area contributed by atoms with E-state index in [9.17, 15) is 9.00 Å². The van der Waals surface area contributed by atoms with Crippen molar-refractivity contribution in [3.05, 3.63) is 12.7 Å². The Morgan fingerprint density at radius 2 is 2.58 bits per heavy atom. The highest BCUT2D eigenvalue weighted by molar-refractivity contribution is 7.75. The standard InChI is InChI=1S/C6H8O5S/c1-2-3-9-6(7)5-4-10-12(8)11-5/h2,5H,1,3-4H2. The molecule has 1 aliphatic rings. The van der Waals surface area contributed by atoms with Crippen LogP contribution in [0.25, 0.3) is 0 Å². The topological polar surface area (TPSA) is 61.8 Å². The van der Waals surface area contributed by atoms with Crippen LogP contribution in [0, 0.1) is 0 Å². The first-order chi connectivity index (χ1) is 5.74. The Hall–Kier alpha value is -0.720. The lowest BCUT2D eigenvalue weighted by atomic mass is 10.4. The summed E-state index contributed by atoms with van der Waals surface area (Å²) in [4.78, 5) is 10.9. The molecule has 0 radical (unpaired) electrons. The van der Waals surface area contributed by atoms with Crippen molar-refractivity contribution in [3.8, 4) is 0 Å². The molecule has 0 spiro atoms. The number of carbonyl (C=O) groups excluding carboxylic acids is 1. The summed E-state index contributed by atoms with van der Waals surface area (Å²) in [5.41, 5.74) is 0. The maximum absolute atomic E-state index is 10.9. The molecule has 0 aromatic heterocycles. The summed E-state index contributed by atoms with van der Waals surface area (Å²) in [7, 11) is 0. The first kappa shape index (κ1) is 9.37. The minimum atomic E-state index is -1.81. The van der Waals surface area contributed by atoms with Crippen LogP contribution in [0.5, 0.6) is 0 Å². The van der Waals surface area contributed by atoms with Crippen molar-refractivity contribution in [2.24, 2.45) is 0 Å². The maximum atomic E-state index is 10.9. The summed E-state index contributed by atoms with van der Waals surface area (Å²) in [6.45, 7) is 3.46. The zero-order chi connectivity index (χ0) is 8.97. The zero-order valence-corrected chi connectivity index (χ0v) is 7.04. The average Bonchev–Trinajstić information content (AvgIpc) is 2.47. The van der Waals surface area contributed by atoms with E-state index >= 15 is 0 Å². The molecule has 1 heterocycles. The molecule has 0 aromatic rings. The first-order valence-corrected chi connectivity index (χ1v) is 4.23. The van der Waals surface area contributed by atoms with Crippen LogP contribution < -0.4 is 0 Å². The molecule has 6 heteroatoms. The smallest absolute Gasteiger partial charge is 0.339 e. The molecule has 0 aliphatic carbocycles. The van der Waals surface area contributed by atoms with Gasteiger partial charge in [0.15, 0.2) is 6.10 Å². The van der Waals surface area contributed by atoms with Gasteiger partial charge in [-0.2, -0.15) is 4.21 Å². The fourth-order valence-corrected chi connectivity index (χ4v) is 1.22. The van der Waals surface area contributed by atoms with E-state index in [0.717, 1.165) is 0 Å². The predicted octanol–water partition coefficient (Wildman–Crippen LogP) is -0.290. The Kier molecular flexibility index (Phi) is 3.39. The Morgan fingerprint density at radius 1 is 1.83 bits per heavy atom. The molecule has 1 saturated heterocycles. The summed E-state index contributed by atoms with van der Waals surface area (Å²) < 4.78 is 24.1. The molecule has 5 nitrogen and oxygen atoms in total. The van der Waals surface area contributed by atoms with Crippen LogP contribution in [-0.4, -0.2) is 29.5 Å². The van der Waals surface area contributed by atoms with E-state index in [1.54, 1.807) is 0 Å². The largest absolute Gasteiger partial charge is 0.459 e. The second-order valence-corrected chi connectivity index (χ2v) is 2.83. The van der Waals surface area contributed by atoms with Gasteiger partial charge in [0.05, 0.1) is 0 Å². The molecule has 68 valence electrons. The molecule has 0 N–H and O–H groups in total. The normalized spacial score (nSPS) is 28.3. The van der Waals surface area contributed by atoms with Gasteiger partial charge in [-0.1, -0.05) is 12.7 Å². The molecule has 1 aliphatic heterocycles. The van der Waals surface area contributed by atoms with Crippen molar-refractivity contribution in [1.82, 2.24) is 0 Å². The van der Waals surface area contributed by atoms with Crippen LogP contribution in [0.3, 0.4) is 0 Å². The van der Waals surface area contributed by atoms with Gasteiger partial charge in [-0.3, -0.25) is 8.37 Å². The minimum Gasteiger partial charge on any atom is -0.459 e. The Morgan fingerprint density at radius 3 is 3.08 bits per heavy atom. The van der Waals surface area contributed by atoms with E-state index in [2.05, 4.69) is 19.7 Å². The quantitative estimate of drug-likeness (QED) is 0.454.